The third-order valence-corrected chi connectivity index (χ3v) is 5.37. The van der Waals surface area contributed by atoms with Crippen LogP contribution < -0.4 is 16.0 Å². The lowest BCUT2D eigenvalue weighted by molar-refractivity contribution is -0.138. The van der Waals surface area contributed by atoms with Gasteiger partial charge < -0.3 is 10.6 Å². The SMILES string of the molecule is O=C1C/C(=C\c2cnn3c(NC4CC4)cc(NC(=O)c4ccccc4C(F)(F)F)nc23)C(=O)N1. The molecule has 1 aromatic carbocycles. The Morgan fingerprint density at radius 1 is 1.21 bits per heavy atom. The van der Waals surface area contributed by atoms with Gasteiger partial charge in [0.15, 0.2) is 5.65 Å². The molecular formula is C22H17F3N6O3. The molecule has 34 heavy (non-hydrogen) atoms. The Balaban J connectivity index is 1.54. The molecule has 0 unspecified atom stereocenters. The predicted molar refractivity (Wildman–Crippen MR) is 115 cm³/mol. The Morgan fingerprint density at radius 2 is 1.97 bits per heavy atom. The molecular weight excluding hydrogens is 453 g/mol. The highest BCUT2D eigenvalue weighted by Crippen LogP contribution is 2.33. The second-order valence-corrected chi connectivity index (χ2v) is 8.00. The molecule has 5 rings (SSSR count). The molecule has 0 bridgehead atoms. The van der Waals surface area contributed by atoms with Gasteiger partial charge in [0.25, 0.3) is 11.8 Å². The predicted octanol–water partition coefficient (Wildman–Crippen LogP) is 3.00. The minimum Gasteiger partial charge on any atom is -0.367 e. The largest absolute Gasteiger partial charge is 0.417 e. The van der Waals surface area contributed by atoms with Crippen molar-refractivity contribution in [1.82, 2.24) is 19.9 Å². The molecule has 3 heterocycles. The van der Waals surface area contributed by atoms with E-state index >= 15 is 0 Å². The number of amides is 3. The zero-order chi connectivity index (χ0) is 24.0. The van der Waals surface area contributed by atoms with Gasteiger partial charge in [-0.05, 0) is 31.1 Å². The summed E-state index contributed by atoms with van der Waals surface area (Å²) < 4.78 is 41.5. The van der Waals surface area contributed by atoms with Crippen molar-refractivity contribution in [3.63, 3.8) is 0 Å². The zero-order valence-electron chi connectivity index (χ0n) is 17.4. The number of nitrogens with one attached hydrogen (secondary N) is 3. The number of hydrogen-bond donors (Lipinski definition) is 3. The lowest BCUT2D eigenvalue weighted by Gasteiger charge is -2.14. The number of carbonyl (C=O) groups excluding carboxylic acids is 3. The van der Waals surface area contributed by atoms with E-state index in [-0.39, 0.29) is 29.5 Å². The number of nitrogens with zero attached hydrogens (tertiary/aromatic N) is 3. The molecule has 0 radical (unpaired) electrons. The Hall–Kier alpha value is -4.22. The van der Waals surface area contributed by atoms with E-state index < -0.39 is 35.0 Å². The minimum atomic E-state index is -4.70. The lowest BCUT2D eigenvalue weighted by Crippen LogP contribution is -2.20. The molecule has 2 aliphatic rings. The molecule has 12 heteroatoms. The van der Waals surface area contributed by atoms with Crippen LogP contribution in [0, 0.1) is 0 Å². The second kappa shape index (κ2) is 7.97. The molecule has 0 atom stereocenters. The second-order valence-electron chi connectivity index (χ2n) is 8.00. The summed E-state index contributed by atoms with van der Waals surface area (Å²) in [7, 11) is 0. The molecule has 3 N–H and O–H groups in total. The lowest BCUT2D eigenvalue weighted by atomic mass is 10.1. The smallest absolute Gasteiger partial charge is 0.367 e. The average molecular weight is 470 g/mol. The zero-order valence-corrected chi connectivity index (χ0v) is 17.4. The standard InChI is InChI=1S/C22H17F3N6O3/c23-22(24,25)15-4-2-1-3-14(15)21(34)29-16-9-17(27-13-5-6-13)31-19(28-16)12(10-26-31)7-11-8-18(32)30-20(11)33/h1-4,7,9-10,13,27H,5-6,8H2,(H,28,29,34)(H,30,32,33)/b11-7+. The van der Waals surface area contributed by atoms with Gasteiger partial charge in [0.2, 0.25) is 5.91 Å². The van der Waals surface area contributed by atoms with Crippen LogP contribution >= 0.6 is 0 Å². The van der Waals surface area contributed by atoms with Gasteiger partial charge in [-0.2, -0.15) is 22.8 Å². The van der Waals surface area contributed by atoms with Crippen LogP contribution in [0.2, 0.25) is 0 Å². The summed E-state index contributed by atoms with van der Waals surface area (Å²) in [5.41, 5.74) is -0.705. The first-order valence-electron chi connectivity index (χ1n) is 10.4. The molecule has 2 aromatic heterocycles. The highest BCUT2D eigenvalue weighted by atomic mass is 19.4. The van der Waals surface area contributed by atoms with E-state index in [4.69, 9.17) is 0 Å². The van der Waals surface area contributed by atoms with Crippen molar-refractivity contribution < 1.29 is 27.6 Å². The summed E-state index contributed by atoms with van der Waals surface area (Å²) in [5, 5.41) is 12.2. The number of carbonyl (C=O) groups is 3. The monoisotopic (exact) mass is 470 g/mol. The maximum atomic E-state index is 13.4. The number of benzene rings is 1. The Kier molecular flexibility index (Phi) is 5.07. The maximum Gasteiger partial charge on any atom is 0.417 e. The van der Waals surface area contributed by atoms with E-state index in [9.17, 15) is 27.6 Å². The van der Waals surface area contributed by atoms with Gasteiger partial charge in [-0.3, -0.25) is 19.7 Å². The molecule has 9 nitrogen and oxygen atoms in total. The number of anilines is 2. The third-order valence-electron chi connectivity index (χ3n) is 5.37. The van der Waals surface area contributed by atoms with Crippen LogP contribution in [0.3, 0.4) is 0 Å². The number of aromatic nitrogens is 3. The van der Waals surface area contributed by atoms with Crippen molar-refractivity contribution in [3.05, 3.63) is 58.8 Å². The van der Waals surface area contributed by atoms with E-state index in [1.165, 1.54) is 35.0 Å². The molecule has 1 aliphatic heterocycles. The van der Waals surface area contributed by atoms with Crippen LogP contribution in [0.25, 0.3) is 11.7 Å². The van der Waals surface area contributed by atoms with Crippen molar-refractivity contribution in [1.29, 1.82) is 0 Å². The number of halogens is 3. The first kappa shape index (κ1) is 21.6. The van der Waals surface area contributed by atoms with E-state index in [0.717, 1.165) is 25.0 Å². The van der Waals surface area contributed by atoms with E-state index in [1.807, 2.05) is 0 Å². The average Bonchev–Trinajstić information content (AvgIpc) is 3.41. The molecule has 1 aliphatic carbocycles. The van der Waals surface area contributed by atoms with Crippen molar-refractivity contribution >= 4 is 41.1 Å². The van der Waals surface area contributed by atoms with E-state index in [2.05, 4.69) is 26.0 Å². The van der Waals surface area contributed by atoms with Crippen LogP contribution in [0.15, 0.2) is 42.1 Å². The summed E-state index contributed by atoms with van der Waals surface area (Å²) in [6, 6.07) is 6.15. The van der Waals surface area contributed by atoms with Gasteiger partial charge >= 0.3 is 6.18 Å². The Morgan fingerprint density at radius 3 is 2.65 bits per heavy atom. The molecule has 2 fully saturated rings. The molecule has 3 aromatic rings. The third kappa shape index (κ3) is 4.21. The molecule has 174 valence electrons. The van der Waals surface area contributed by atoms with Gasteiger partial charge in [0, 0.05) is 23.2 Å². The van der Waals surface area contributed by atoms with Gasteiger partial charge in [-0.15, -0.1) is 0 Å². The first-order valence-corrected chi connectivity index (χ1v) is 10.4. The van der Waals surface area contributed by atoms with Crippen molar-refractivity contribution in [2.24, 2.45) is 0 Å². The van der Waals surface area contributed by atoms with Gasteiger partial charge in [0.05, 0.1) is 23.7 Å². The fraction of sp³-hybridized carbons (Fsp3) is 0.227. The summed E-state index contributed by atoms with van der Waals surface area (Å²) in [4.78, 5) is 40.5. The maximum absolute atomic E-state index is 13.4. The van der Waals surface area contributed by atoms with Gasteiger partial charge in [0.1, 0.15) is 11.6 Å². The number of rotatable bonds is 5. The van der Waals surface area contributed by atoms with Crippen molar-refractivity contribution in [3.8, 4) is 0 Å². The molecule has 3 amide bonds. The van der Waals surface area contributed by atoms with Crippen LogP contribution in [-0.4, -0.2) is 38.4 Å². The summed E-state index contributed by atoms with van der Waals surface area (Å²) >= 11 is 0. The quantitative estimate of drug-likeness (QED) is 0.390. The first-order chi connectivity index (χ1) is 16.2. The van der Waals surface area contributed by atoms with E-state index in [0.29, 0.717) is 11.4 Å². The minimum absolute atomic E-state index is 0.00438. The summed E-state index contributed by atoms with van der Waals surface area (Å²) in [6.45, 7) is 0. The van der Waals surface area contributed by atoms with Crippen LogP contribution in [0.4, 0.5) is 24.8 Å². The van der Waals surface area contributed by atoms with Crippen LogP contribution in [-0.2, 0) is 15.8 Å². The summed E-state index contributed by atoms with van der Waals surface area (Å²) in [6.07, 6.45) is 0.00697. The number of hydrogen-bond acceptors (Lipinski definition) is 6. The molecule has 1 saturated carbocycles. The fourth-order valence-electron chi connectivity index (χ4n) is 3.61. The van der Waals surface area contributed by atoms with Gasteiger partial charge in [-0.1, -0.05) is 12.1 Å². The van der Waals surface area contributed by atoms with Crippen molar-refractivity contribution in [2.75, 3.05) is 10.6 Å². The molecule has 1 saturated heterocycles. The highest BCUT2D eigenvalue weighted by Gasteiger charge is 2.35. The normalized spacial score (nSPS) is 17.3. The summed E-state index contributed by atoms with van der Waals surface area (Å²) in [5.74, 6) is -1.43. The number of alkyl halides is 3. The van der Waals surface area contributed by atoms with E-state index in [1.54, 1.807) is 0 Å². The number of fused-ring (bicyclic) bond motifs is 1. The van der Waals surface area contributed by atoms with Crippen LogP contribution in [0.1, 0.15) is 40.7 Å². The topological polar surface area (TPSA) is 117 Å². The molecule has 0 spiro atoms. The Labute approximate surface area is 190 Å². The Bertz CT molecular complexity index is 1370. The van der Waals surface area contributed by atoms with Crippen LogP contribution in [0.5, 0.6) is 0 Å². The van der Waals surface area contributed by atoms with Gasteiger partial charge in [-0.25, -0.2) is 4.98 Å². The fourth-order valence-corrected chi connectivity index (χ4v) is 3.61. The van der Waals surface area contributed by atoms with Crippen molar-refractivity contribution in [2.45, 2.75) is 31.5 Å². The number of imide groups is 1. The highest BCUT2D eigenvalue weighted by molar-refractivity contribution is 6.15.